The van der Waals surface area contributed by atoms with Gasteiger partial charge in [0, 0.05) is 12.7 Å². The highest BCUT2D eigenvalue weighted by molar-refractivity contribution is 7.99. The zero-order valence-corrected chi connectivity index (χ0v) is 13.9. The maximum absolute atomic E-state index is 11.8. The Kier molecular flexibility index (Phi) is 6.22. The summed E-state index contributed by atoms with van der Waals surface area (Å²) in [5.74, 6) is 1.00. The molecule has 2 aromatic rings. The van der Waals surface area contributed by atoms with Crippen molar-refractivity contribution in [3.8, 4) is 5.75 Å². The number of rotatable bonds is 7. The molecule has 0 saturated carbocycles. The number of benzene rings is 1. The van der Waals surface area contributed by atoms with Gasteiger partial charge < -0.3 is 15.0 Å². The zero-order chi connectivity index (χ0) is 16.7. The second kappa shape index (κ2) is 8.38. The highest BCUT2D eigenvalue weighted by Gasteiger charge is 2.06. The Hall–Kier alpha value is -2.28. The lowest BCUT2D eigenvalue weighted by molar-refractivity contribution is -0.118. The summed E-state index contributed by atoms with van der Waals surface area (Å²) in [5.41, 5.74) is 1.58. The van der Waals surface area contributed by atoms with Gasteiger partial charge in [-0.1, -0.05) is 23.9 Å². The first-order chi connectivity index (χ1) is 11.1. The van der Waals surface area contributed by atoms with Crippen LogP contribution in [0.5, 0.6) is 5.75 Å². The average Bonchev–Trinajstić information content (AvgIpc) is 2.56. The number of amides is 1. The monoisotopic (exact) mass is 333 g/mol. The molecule has 0 fully saturated rings. The number of carbonyl (C=O) groups is 1. The minimum Gasteiger partial charge on any atom is -0.497 e. The highest BCUT2D eigenvalue weighted by atomic mass is 32.2. The highest BCUT2D eigenvalue weighted by Crippen LogP contribution is 2.16. The number of methoxy groups -OCH3 is 1. The lowest BCUT2D eigenvalue weighted by atomic mass is 10.1. The van der Waals surface area contributed by atoms with Crippen molar-refractivity contribution in [3.05, 3.63) is 52.1 Å². The van der Waals surface area contributed by atoms with Crippen LogP contribution in [0.2, 0.25) is 0 Å². The predicted octanol–water partition coefficient (Wildman–Crippen LogP) is 1.54. The maximum atomic E-state index is 11.8. The van der Waals surface area contributed by atoms with E-state index in [9.17, 15) is 9.59 Å². The molecule has 0 bridgehead atoms. The molecule has 0 aliphatic rings. The van der Waals surface area contributed by atoms with Crippen LogP contribution in [0.1, 0.15) is 11.1 Å². The number of carbonyl (C=O) groups excluding carboxylic acids is 1. The van der Waals surface area contributed by atoms with Gasteiger partial charge in [-0.25, -0.2) is 9.78 Å². The number of aromatic amines is 1. The van der Waals surface area contributed by atoms with E-state index in [4.69, 9.17) is 4.74 Å². The summed E-state index contributed by atoms with van der Waals surface area (Å²) in [7, 11) is 1.63. The molecule has 0 spiro atoms. The van der Waals surface area contributed by atoms with Crippen LogP contribution in [0, 0.1) is 6.92 Å². The number of ether oxygens (including phenoxy) is 1. The molecule has 7 heteroatoms. The average molecular weight is 333 g/mol. The van der Waals surface area contributed by atoms with Gasteiger partial charge in [-0.15, -0.1) is 0 Å². The van der Waals surface area contributed by atoms with E-state index < -0.39 is 5.69 Å². The van der Waals surface area contributed by atoms with Crippen LogP contribution in [-0.2, 0) is 11.2 Å². The van der Waals surface area contributed by atoms with E-state index in [2.05, 4.69) is 15.3 Å². The SMILES string of the molecule is COc1ccc(CCNC(=O)CSc2[nH]c(=O)ncc2C)cc1. The fourth-order valence-electron chi connectivity index (χ4n) is 1.92. The second-order valence-corrected chi connectivity index (χ2v) is 5.92. The van der Waals surface area contributed by atoms with Crippen molar-refractivity contribution >= 4 is 17.7 Å². The Balaban J connectivity index is 1.74. The Bertz CT molecular complexity index is 713. The summed E-state index contributed by atoms with van der Waals surface area (Å²) in [5, 5.41) is 3.54. The number of aryl methyl sites for hydroxylation is 1. The van der Waals surface area contributed by atoms with Gasteiger partial charge in [-0.3, -0.25) is 4.79 Å². The molecule has 1 amide bonds. The van der Waals surface area contributed by atoms with Crippen molar-refractivity contribution in [2.75, 3.05) is 19.4 Å². The maximum Gasteiger partial charge on any atom is 0.345 e. The van der Waals surface area contributed by atoms with E-state index in [-0.39, 0.29) is 11.7 Å². The molecule has 0 atom stereocenters. The fourth-order valence-corrected chi connectivity index (χ4v) is 2.74. The van der Waals surface area contributed by atoms with Crippen molar-refractivity contribution < 1.29 is 9.53 Å². The van der Waals surface area contributed by atoms with E-state index in [1.807, 2.05) is 31.2 Å². The number of nitrogens with one attached hydrogen (secondary N) is 2. The van der Waals surface area contributed by atoms with E-state index in [0.29, 0.717) is 11.6 Å². The molecule has 23 heavy (non-hydrogen) atoms. The molecular formula is C16H19N3O3S. The molecule has 0 unspecified atom stereocenters. The summed E-state index contributed by atoms with van der Waals surface area (Å²) in [6.07, 6.45) is 2.26. The Morgan fingerprint density at radius 1 is 1.35 bits per heavy atom. The van der Waals surface area contributed by atoms with E-state index in [1.54, 1.807) is 7.11 Å². The molecule has 1 heterocycles. The minimum absolute atomic E-state index is 0.0689. The first-order valence-electron chi connectivity index (χ1n) is 7.17. The third kappa shape index (κ3) is 5.45. The topological polar surface area (TPSA) is 84.1 Å². The van der Waals surface area contributed by atoms with Crippen LogP contribution in [-0.4, -0.2) is 35.3 Å². The molecule has 6 nitrogen and oxygen atoms in total. The lowest BCUT2D eigenvalue weighted by Crippen LogP contribution is -2.27. The van der Waals surface area contributed by atoms with Crippen LogP contribution in [0.15, 0.2) is 40.3 Å². The third-order valence-electron chi connectivity index (χ3n) is 3.20. The second-order valence-electron chi connectivity index (χ2n) is 4.94. The summed E-state index contributed by atoms with van der Waals surface area (Å²) < 4.78 is 5.10. The first kappa shape index (κ1) is 17.1. The summed E-state index contributed by atoms with van der Waals surface area (Å²) in [6, 6.07) is 7.75. The molecule has 1 aromatic carbocycles. The Morgan fingerprint density at radius 3 is 2.78 bits per heavy atom. The fraction of sp³-hybridized carbons (Fsp3) is 0.312. The van der Waals surface area contributed by atoms with Crippen LogP contribution in [0.4, 0.5) is 0 Å². The zero-order valence-electron chi connectivity index (χ0n) is 13.1. The number of nitrogens with zero attached hydrogens (tertiary/aromatic N) is 1. The van der Waals surface area contributed by atoms with Crippen molar-refractivity contribution in [2.24, 2.45) is 0 Å². The molecule has 2 rings (SSSR count). The number of thioether (sulfide) groups is 1. The van der Waals surface area contributed by atoms with Crippen LogP contribution in [0.25, 0.3) is 0 Å². The molecule has 2 N–H and O–H groups in total. The number of hydrogen-bond donors (Lipinski definition) is 2. The molecule has 0 radical (unpaired) electrons. The van der Waals surface area contributed by atoms with Crippen LogP contribution < -0.4 is 15.7 Å². The standard InChI is InChI=1S/C16H19N3O3S/c1-11-9-18-16(21)19-15(11)23-10-14(20)17-8-7-12-3-5-13(22-2)6-4-12/h3-6,9H,7-8,10H2,1-2H3,(H,17,20)(H,18,19,21). The lowest BCUT2D eigenvalue weighted by Gasteiger charge is -2.07. The number of hydrogen-bond acceptors (Lipinski definition) is 5. The van der Waals surface area contributed by atoms with E-state index >= 15 is 0 Å². The minimum atomic E-state index is -0.405. The summed E-state index contributed by atoms with van der Waals surface area (Å²) in [4.78, 5) is 29.3. The van der Waals surface area contributed by atoms with Gasteiger partial charge in [0.2, 0.25) is 5.91 Å². The molecule has 0 aliphatic carbocycles. The molecule has 0 saturated heterocycles. The van der Waals surface area contributed by atoms with Crippen molar-refractivity contribution in [1.82, 2.24) is 15.3 Å². The van der Waals surface area contributed by atoms with Gasteiger partial charge in [-0.2, -0.15) is 0 Å². The first-order valence-corrected chi connectivity index (χ1v) is 8.15. The van der Waals surface area contributed by atoms with E-state index in [0.717, 1.165) is 23.3 Å². The third-order valence-corrected chi connectivity index (χ3v) is 4.32. The molecular weight excluding hydrogens is 314 g/mol. The van der Waals surface area contributed by atoms with Gasteiger partial charge >= 0.3 is 5.69 Å². The van der Waals surface area contributed by atoms with Gasteiger partial charge in [0.05, 0.1) is 17.9 Å². The molecule has 0 aliphatic heterocycles. The Labute approximate surface area is 138 Å². The van der Waals surface area contributed by atoms with Gasteiger partial charge in [0.15, 0.2) is 0 Å². The number of H-pyrrole nitrogens is 1. The van der Waals surface area contributed by atoms with Crippen molar-refractivity contribution in [1.29, 1.82) is 0 Å². The van der Waals surface area contributed by atoms with E-state index in [1.165, 1.54) is 18.0 Å². The predicted molar refractivity (Wildman–Crippen MR) is 90.0 cm³/mol. The Morgan fingerprint density at radius 2 is 2.09 bits per heavy atom. The van der Waals surface area contributed by atoms with Gasteiger partial charge in [0.1, 0.15) is 5.75 Å². The largest absolute Gasteiger partial charge is 0.497 e. The molecule has 122 valence electrons. The van der Waals surface area contributed by atoms with Gasteiger partial charge in [0.25, 0.3) is 0 Å². The van der Waals surface area contributed by atoms with Crippen LogP contribution >= 0.6 is 11.8 Å². The van der Waals surface area contributed by atoms with Crippen LogP contribution in [0.3, 0.4) is 0 Å². The molecule has 1 aromatic heterocycles. The van der Waals surface area contributed by atoms with Crippen molar-refractivity contribution in [3.63, 3.8) is 0 Å². The smallest absolute Gasteiger partial charge is 0.345 e. The van der Waals surface area contributed by atoms with Gasteiger partial charge in [-0.05, 0) is 36.6 Å². The normalized spacial score (nSPS) is 10.3. The quantitative estimate of drug-likeness (QED) is 0.593. The van der Waals surface area contributed by atoms with Crippen molar-refractivity contribution in [2.45, 2.75) is 18.4 Å². The summed E-state index contributed by atoms with van der Waals surface area (Å²) >= 11 is 1.30. The summed E-state index contributed by atoms with van der Waals surface area (Å²) in [6.45, 7) is 2.41. The number of aromatic nitrogens is 2.